The maximum absolute atomic E-state index is 13.6. The van der Waals surface area contributed by atoms with E-state index >= 15 is 0 Å². The van der Waals surface area contributed by atoms with Gasteiger partial charge in [-0.25, -0.2) is 0 Å². The van der Waals surface area contributed by atoms with Crippen LogP contribution < -0.4 is 10.2 Å². The van der Waals surface area contributed by atoms with Crippen molar-refractivity contribution >= 4 is 63.0 Å². The van der Waals surface area contributed by atoms with E-state index in [9.17, 15) is 14.4 Å². The number of benzene rings is 3. The van der Waals surface area contributed by atoms with Crippen LogP contribution in [0.1, 0.15) is 16.7 Å². The molecule has 174 valence electrons. The number of carbonyl (C=O) groups is 3. The van der Waals surface area contributed by atoms with Crippen LogP contribution in [-0.4, -0.2) is 33.5 Å². The number of nitrogens with zero attached hydrogens (tertiary/aromatic N) is 2. The first-order valence-electron chi connectivity index (χ1n) is 11.0. The molecular weight excluding hydrogens is 478 g/mol. The fraction of sp³-hybridized carbons (Fsp3) is 0.111. The van der Waals surface area contributed by atoms with E-state index in [1.807, 2.05) is 73.7 Å². The molecule has 0 saturated carbocycles. The van der Waals surface area contributed by atoms with Crippen LogP contribution >= 0.6 is 24.0 Å². The van der Waals surface area contributed by atoms with Gasteiger partial charge in [0, 0.05) is 11.3 Å². The summed E-state index contributed by atoms with van der Waals surface area (Å²) in [4.78, 5) is 43.0. The zero-order chi connectivity index (χ0) is 24.5. The molecule has 0 aliphatic carbocycles. The summed E-state index contributed by atoms with van der Waals surface area (Å²) >= 11 is 6.63. The molecule has 8 heteroatoms. The van der Waals surface area contributed by atoms with Gasteiger partial charge >= 0.3 is 0 Å². The third-order valence-electron chi connectivity index (χ3n) is 5.90. The van der Waals surface area contributed by atoms with Gasteiger partial charge < -0.3 is 5.32 Å². The highest BCUT2D eigenvalue weighted by molar-refractivity contribution is 8.26. The fourth-order valence-electron chi connectivity index (χ4n) is 4.15. The van der Waals surface area contributed by atoms with Crippen molar-refractivity contribution in [3.63, 3.8) is 0 Å². The molecule has 3 aromatic rings. The molecule has 3 amide bonds. The van der Waals surface area contributed by atoms with Crippen LogP contribution in [0.3, 0.4) is 0 Å². The molecule has 0 unspecified atom stereocenters. The highest BCUT2D eigenvalue weighted by Crippen LogP contribution is 2.44. The third kappa shape index (κ3) is 4.38. The Morgan fingerprint density at radius 2 is 1.57 bits per heavy atom. The second kappa shape index (κ2) is 9.48. The minimum absolute atomic E-state index is 0.169. The second-order valence-corrected chi connectivity index (χ2v) is 9.86. The number of hydrogen-bond donors (Lipinski definition) is 1. The van der Waals surface area contributed by atoms with Gasteiger partial charge in [-0.05, 0) is 30.2 Å². The predicted molar refractivity (Wildman–Crippen MR) is 143 cm³/mol. The molecule has 0 spiro atoms. The van der Waals surface area contributed by atoms with Crippen LogP contribution in [-0.2, 0) is 20.9 Å². The van der Waals surface area contributed by atoms with Crippen molar-refractivity contribution in [1.82, 2.24) is 4.90 Å². The van der Waals surface area contributed by atoms with E-state index in [4.69, 9.17) is 12.2 Å². The maximum atomic E-state index is 13.6. The highest BCUT2D eigenvalue weighted by Gasteiger charge is 2.42. The summed E-state index contributed by atoms with van der Waals surface area (Å²) in [6, 6.07) is 24.2. The van der Waals surface area contributed by atoms with E-state index in [2.05, 4.69) is 5.32 Å². The summed E-state index contributed by atoms with van der Waals surface area (Å²) in [6.45, 7) is 2.07. The standard InChI is InChI=1S/C27H21N3O3S2/c1-17-9-5-7-13-20(17)28-22(31)16-29-21-14-8-6-12-19(21)23(25(29)32)24-26(33)30(27(34)35-24)15-18-10-3-2-4-11-18/h2-14H,15-16H2,1H3,(H,28,31)/b24-23-. The van der Waals surface area contributed by atoms with Gasteiger partial charge in [0.15, 0.2) is 0 Å². The predicted octanol–water partition coefficient (Wildman–Crippen LogP) is 4.75. The summed E-state index contributed by atoms with van der Waals surface area (Å²) in [6.07, 6.45) is 0. The van der Waals surface area contributed by atoms with Crippen LogP contribution in [0.25, 0.3) is 5.57 Å². The van der Waals surface area contributed by atoms with E-state index < -0.39 is 0 Å². The van der Waals surface area contributed by atoms with Crippen molar-refractivity contribution in [2.45, 2.75) is 13.5 Å². The number of rotatable bonds is 5. The molecular formula is C27H21N3O3S2. The number of para-hydroxylation sites is 2. The topological polar surface area (TPSA) is 69.7 Å². The van der Waals surface area contributed by atoms with Crippen molar-refractivity contribution in [2.24, 2.45) is 0 Å². The number of nitrogens with one attached hydrogen (secondary N) is 1. The first-order valence-corrected chi connectivity index (χ1v) is 12.2. The van der Waals surface area contributed by atoms with Gasteiger partial charge in [-0.15, -0.1) is 0 Å². The van der Waals surface area contributed by atoms with Crippen LogP contribution in [0.15, 0.2) is 83.8 Å². The monoisotopic (exact) mass is 499 g/mol. The van der Waals surface area contributed by atoms with E-state index in [-0.39, 0.29) is 29.8 Å². The minimum Gasteiger partial charge on any atom is -0.324 e. The molecule has 6 nitrogen and oxygen atoms in total. The quantitative estimate of drug-likeness (QED) is 0.405. The number of hydrogen-bond acceptors (Lipinski definition) is 5. The molecule has 3 aromatic carbocycles. The Morgan fingerprint density at radius 3 is 2.34 bits per heavy atom. The molecule has 0 atom stereocenters. The Hall–Kier alpha value is -3.75. The summed E-state index contributed by atoms with van der Waals surface area (Å²) < 4.78 is 0.405. The Morgan fingerprint density at radius 1 is 0.886 bits per heavy atom. The average molecular weight is 500 g/mol. The van der Waals surface area contributed by atoms with Crippen molar-refractivity contribution in [2.75, 3.05) is 16.8 Å². The molecule has 35 heavy (non-hydrogen) atoms. The van der Waals surface area contributed by atoms with Crippen LogP contribution in [0.5, 0.6) is 0 Å². The van der Waals surface area contributed by atoms with E-state index in [1.54, 1.807) is 12.1 Å². The lowest BCUT2D eigenvalue weighted by molar-refractivity contribution is -0.122. The molecule has 0 radical (unpaired) electrons. The highest BCUT2D eigenvalue weighted by atomic mass is 32.2. The largest absolute Gasteiger partial charge is 0.324 e. The molecule has 0 bridgehead atoms. The molecule has 2 aliphatic rings. The number of amides is 3. The SMILES string of the molecule is Cc1ccccc1NC(=O)CN1C(=O)/C(=C2\SC(=S)N(Cc3ccccc3)C2=O)c2ccccc21. The second-order valence-electron chi connectivity index (χ2n) is 8.22. The normalized spacial score (nSPS) is 17.2. The van der Waals surface area contributed by atoms with Gasteiger partial charge in [0.2, 0.25) is 5.91 Å². The van der Waals surface area contributed by atoms with Gasteiger partial charge in [-0.3, -0.25) is 24.2 Å². The average Bonchev–Trinajstić information content (AvgIpc) is 3.28. The van der Waals surface area contributed by atoms with Crippen molar-refractivity contribution in [3.05, 3.63) is 100 Å². The fourth-order valence-corrected chi connectivity index (χ4v) is 5.48. The number of anilines is 2. The molecule has 5 rings (SSSR count). The summed E-state index contributed by atoms with van der Waals surface area (Å²) in [5.74, 6) is -1.00. The molecule has 1 saturated heterocycles. The van der Waals surface area contributed by atoms with Gasteiger partial charge in [0.05, 0.1) is 22.7 Å². The molecule has 1 fully saturated rings. The number of thiocarbonyl (C=S) groups is 1. The number of aryl methyl sites for hydroxylation is 1. The van der Waals surface area contributed by atoms with Gasteiger partial charge in [-0.2, -0.15) is 0 Å². The first kappa shape index (κ1) is 23.0. The van der Waals surface area contributed by atoms with Crippen molar-refractivity contribution in [1.29, 1.82) is 0 Å². The van der Waals surface area contributed by atoms with Crippen LogP contribution in [0.2, 0.25) is 0 Å². The van der Waals surface area contributed by atoms with Crippen LogP contribution in [0, 0.1) is 6.92 Å². The Bertz CT molecular complexity index is 1400. The third-order valence-corrected chi connectivity index (χ3v) is 7.35. The Kier molecular flexibility index (Phi) is 6.23. The Labute approximate surface area is 212 Å². The minimum atomic E-state index is -0.383. The lowest BCUT2D eigenvalue weighted by atomic mass is 10.1. The number of carbonyl (C=O) groups excluding carboxylic acids is 3. The molecule has 2 aliphatic heterocycles. The lowest BCUT2D eigenvalue weighted by Gasteiger charge is -2.17. The molecule has 1 N–H and O–H groups in total. The Balaban J connectivity index is 1.44. The summed E-state index contributed by atoms with van der Waals surface area (Å²) in [7, 11) is 0. The zero-order valence-corrected chi connectivity index (χ0v) is 20.5. The molecule has 2 heterocycles. The van der Waals surface area contributed by atoms with E-state index in [0.717, 1.165) is 22.9 Å². The molecule has 0 aromatic heterocycles. The van der Waals surface area contributed by atoms with Gasteiger partial charge in [0.25, 0.3) is 11.8 Å². The van der Waals surface area contributed by atoms with E-state index in [1.165, 1.54) is 9.80 Å². The van der Waals surface area contributed by atoms with Gasteiger partial charge in [0.1, 0.15) is 10.9 Å². The van der Waals surface area contributed by atoms with Crippen molar-refractivity contribution < 1.29 is 14.4 Å². The first-order chi connectivity index (χ1) is 16.9. The number of fused-ring (bicyclic) bond motifs is 1. The van der Waals surface area contributed by atoms with Crippen LogP contribution in [0.4, 0.5) is 11.4 Å². The smallest absolute Gasteiger partial charge is 0.267 e. The number of thioether (sulfide) groups is 1. The summed E-state index contributed by atoms with van der Waals surface area (Å²) in [5.41, 5.74) is 4.08. The zero-order valence-electron chi connectivity index (χ0n) is 18.9. The van der Waals surface area contributed by atoms with E-state index in [0.29, 0.717) is 32.7 Å². The maximum Gasteiger partial charge on any atom is 0.267 e. The lowest BCUT2D eigenvalue weighted by Crippen LogP contribution is -2.35. The summed E-state index contributed by atoms with van der Waals surface area (Å²) in [5, 5.41) is 2.87. The van der Waals surface area contributed by atoms with Crippen molar-refractivity contribution in [3.8, 4) is 0 Å². The van der Waals surface area contributed by atoms with Gasteiger partial charge in [-0.1, -0.05) is 90.7 Å².